The van der Waals surface area contributed by atoms with E-state index in [1.54, 1.807) is 0 Å². The Morgan fingerprint density at radius 1 is 0.688 bits per heavy atom. The Hall–Kier alpha value is -4.15. The molecule has 7 aromatic rings. The van der Waals surface area contributed by atoms with Crippen LogP contribution < -0.4 is 5.19 Å². The molecule has 0 amide bonds. The van der Waals surface area contributed by atoms with E-state index in [2.05, 4.69) is 110 Å². The van der Waals surface area contributed by atoms with Gasteiger partial charge in [-0.25, -0.2) is 0 Å². The Morgan fingerprint density at radius 3 is 2.23 bits per heavy atom. The summed E-state index contributed by atoms with van der Waals surface area (Å²) in [6.45, 7) is 7.00. The van der Waals surface area contributed by atoms with Crippen molar-refractivity contribution in [2.45, 2.75) is 57.7 Å². The minimum atomic E-state index is -1.23. The summed E-state index contributed by atoms with van der Waals surface area (Å²) in [7, 11) is -1.23. The van der Waals surface area contributed by atoms with Crippen LogP contribution in [-0.4, -0.2) is 18.0 Å². The van der Waals surface area contributed by atoms with E-state index in [0.29, 0.717) is 5.92 Å². The molecule has 4 aromatic carbocycles. The Labute approximate surface area is 298 Å². The van der Waals surface area contributed by atoms with E-state index in [0.717, 1.165) is 50.0 Å². The molecule has 1 aliphatic carbocycles. The molecule has 0 spiro atoms. The van der Waals surface area contributed by atoms with E-state index >= 15 is 0 Å². The third-order valence-corrected chi connectivity index (χ3v) is 11.3. The van der Waals surface area contributed by atoms with Crippen molar-refractivity contribution in [1.82, 2.24) is 9.97 Å². The van der Waals surface area contributed by atoms with Gasteiger partial charge in [-0.15, -0.1) is 54.1 Å². The van der Waals surface area contributed by atoms with Gasteiger partial charge < -0.3 is 14.4 Å². The summed E-state index contributed by atoms with van der Waals surface area (Å²) in [5.74, 6) is 0.652. The fourth-order valence-corrected chi connectivity index (χ4v) is 7.60. The van der Waals surface area contributed by atoms with Crippen LogP contribution in [0.1, 0.15) is 43.6 Å². The van der Waals surface area contributed by atoms with Crippen molar-refractivity contribution in [3.63, 3.8) is 0 Å². The first-order valence-electron chi connectivity index (χ1n) is 16.8. The van der Waals surface area contributed by atoms with Crippen LogP contribution in [0.5, 0.6) is 0 Å². The molecule has 0 unspecified atom stereocenters. The van der Waals surface area contributed by atoms with Gasteiger partial charge in [0.1, 0.15) is 5.58 Å². The van der Waals surface area contributed by atoms with Gasteiger partial charge in [0.15, 0.2) is 0 Å². The van der Waals surface area contributed by atoms with Crippen molar-refractivity contribution >= 4 is 35.2 Å². The van der Waals surface area contributed by atoms with Crippen LogP contribution in [0.25, 0.3) is 55.6 Å². The topological polar surface area (TPSA) is 38.9 Å². The van der Waals surface area contributed by atoms with Gasteiger partial charge in [-0.3, -0.25) is 0 Å². The van der Waals surface area contributed by atoms with Crippen LogP contribution in [0.15, 0.2) is 126 Å². The maximum absolute atomic E-state index is 6.41. The first kappa shape index (κ1) is 33.7. The molecule has 0 aliphatic heterocycles. The number of fused-ring (bicyclic) bond motifs is 3. The molecule has 8 rings (SSSR count). The molecule has 3 heterocycles. The van der Waals surface area contributed by atoms with Crippen molar-refractivity contribution < 1.29 is 24.5 Å². The second-order valence-electron chi connectivity index (χ2n) is 13.5. The molecular formula is C43H40IrN2OSi-2. The van der Waals surface area contributed by atoms with Crippen LogP contribution in [0.4, 0.5) is 0 Å². The van der Waals surface area contributed by atoms with Gasteiger partial charge in [-0.05, 0) is 58.6 Å². The maximum Gasteiger partial charge on any atom is 0.121 e. The molecule has 0 N–H and O–H groups in total. The quantitative estimate of drug-likeness (QED) is 0.128. The smallest absolute Gasteiger partial charge is 0.121 e. The van der Waals surface area contributed by atoms with Crippen molar-refractivity contribution in [2.24, 2.45) is 0 Å². The number of hydrogen-bond donors (Lipinski definition) is 0. The van der Waals surface area contributed by atoms with Crippen molar-refractivity contribution in [1.29, 1.82) is 0 Å². The first-order valence-corrected chi connectivity index (χ1v) is 20.3. The molecule has 0 bridgehead atoms. The van der Waals surface area contributed by atoms with Crippen LogP contribution in [0.3, 0.4) is 0 Å². The van der Waals surface area contributed by atoms with Crippen LogP contribution in [0.2, 0.25) is 19.6 Å². The van der Waals surface area contributed by atoms with Crippen LogP contribution in [-0.2, 0) is 20.1 Å². The predicted octanol–water partition coefficient (Wildman–Crippen LogP) is 11.3. The second kappa shape index (κ2) is 14.9. The Balaban J connectivity index is 0.000000201. The van der Waals surface area contributed by atoms with Crippen LogP contribution in [0, 0.1) is 12.1 Å². The number of furan rings is 1. The molecule has 1 radical (unpaired) electrons. The Bertz CT molecular complexity index is 2100. The molecule has 5 heteroatoms. The van der Waals surface area contributed by atoms with Gasteiger partial charge in [-0.2, -0.15) is 0 Å². The Morgan fingerprint density at radius 2 is 1.50 bits per heavy atom. The summed E-state index contributed by atoms with van der Waals surface area (Å²) in [5, 5.41) is 3.65. The molecular weight excluding hydrogens is 781 g/mol. The van der Waals surface area contributed by atoms with Crippen molar-refractivity contribution in [2.75, 3.05) is 0 Å². The standard InChI is InChI=1S/C29H24NO.C14H16NSi.Ir/c1-3-8-20(9-4-1)22-14-15-24-25-12-7-13-26(29(25)31-28(24)19-22)27-18-23(16-17-30-27)21-10-5-2-6-11-21;1-16(2,3)13-9-10-14(15-11-13)12-7-5-4-6-8-12;/h1,3-4,7-9,12,14-19,21H,2,5-6,10-11H2;4-7,9-11H,1-3H3;/q2*-1;. The number of nitrogens with zero attached hydrogens (tertiary/aromatic N) is 2. The second-order valence-corrected chi connectivity index (χ2v) is 18.6. The minimum absolute atomic E-state index is 0. The zero-order chi connectivity index (χ0) is 32.2. The summed E-state index contributed by atoms with van der Waals surface area (Å²) >= 11 is 0. The number of aromatic nitrogens is 2. The predicted molar refractivity (Wildman–Crippen MR) is 199 cm³/mol. The van der Waals surface area contributed by atoms with Crippen molar-refractivity contribution in [3.8, 4) is 33.6 Å². The normalized spacial score (nSPS) is 13.5. The number of hydrogen-bond acceptors (Lipinski definition) is 3. The monoisotopic (exact) mass is 821 g/mol. The number of pyridine rings is 2. The molecule has 243 valence electrons. The summed E-state index contributed by atoms with van der Waals surface area (Å²) < 4.78 is 6.41. The summed E-state index contributed by atoms with van der Waals surface area (Å²) in [6.07, 6.45) is 10.6. The largest absolute Gasteiger partial charge is 0.501 e. The first-order chi connectivity index (χ1) is 22.9. The summed E-state index contributed by atoms with van der Waals surface area (Å²) in [5.41, 5.74) is 9.50. The van der Waals surface area contributed by atoms with Gasteiger partial charge in [0.25, 0.3) is 0 Å². The van der Waals surface area contributed by atoms with Gasteiger partial charge >= 0.3 is 0 Å². The summed E-state index contributed by atoms with van der Waals surface area (Å²) in [4.78, 5) is 9.22. The van der Waals surface area contributed by atoms with Gasteiger partial charge in [0.05, 0.1) is 13.7 Å². The summed E-state index contributed by atoms with van der Waals surface area (Å²) in [6, 6.07) is 44.3. The van der Waals surface area contributed by atoms with E-state index in [9.17, 15) is 0 Å². The van der Waals surface area contributed by atoms with E-state index < -0.39 is 8.07 Å². The van der Waals surface area contributed by atoms with E-state index in [-0.39, 0.29) is 20.1 Å². The van der Waals surface area contributed by atoms with E-state index in [1.807, 2.05) is 48.8 Å². The molecule has 3 nitrogen and oxygen atoms in total. The van der Waals surface area contributed by atoms with E-state index in [1.165, 1.54) is 48.4 Å². The fourth-order valence-electron chi connectivity index (χ4n) is 6.56. The maximum atomic E-state index is 6.41. The molecule has 1 saturated carbocycles. The fraction of sp³-hybridized carbons (Fsp3) is 0.209. The van der Waals surface area contributed by atoms with Crippen molar-refractivity contribution in [3.05, 3.63) is 139 Å². The zero-order valence-electron chi connectivity index (χ0n) is 27.8. The van der Waals surface area contributed by atoms with E-state index in [4.69, 9.17) is 9.40 Å². The van der Waals surface area contributed by atoms with Gasteiger partial charge in [-0.1, -0.05) is 116 Å². The average Bonchev–Trinajstić information content (AvgIpc) is 3.51. The number of rotatable bonds is 5. The molecule has 0 saturated heterocycles. The zero-order valence-corrected chi connectivity index (χ0v) is 31.2. The Kier molecular flexibility index (Phi) is 10.5. The molecule has 48 heavy (non-hydrogen) atoms. The third kappa shape index (κ3) is 7.44. The number of benzene rings is 4. The van der Waals surface area contributed by atoms with Crippen LogP contribution >= 0.6 is 0 Å². The molecule has 3 aromatic heterocycles. The van der Waals surface area contributed by atoms with Gasteiger partial charge in [0, 0.05) is 37.9 Å². The molecule has 0 atom stereocenters. The average molecular weight is 821 g/mol. The third-order valence-electron chi connectivity index (χ3n) is 9.27. The minimum Gasteiger partial charge on any atom is -0.501 e. The van der Waals surface area contributed by atoms with Gasteiger partial charge in [0.2, 0.25) is 0 Å². The molecule has 1 aliphatic rings. The molecule has 1 fully saturated rings. The SMILES string of the molecule is C[Si](C)(C)c1ccc(-c2[c-]cccc2)nc1.[Ir].[c-]1ccc2c(oc3cc(-c4ccccc4)ccc32)c1-c1cc(C2CCCCC2)ccn1.